The van der Waals surface area contributed by atoms with Crippen LogP contribution in [0.25, 0.3) is 0 Å². The second kappa shape index (κ2) is 4.99. The van der Waals surface area contributed by atoms with Crippen molar-refractivity contribution in [3.8, 4) is 0 Å². The minimum atomic E-state index is 0.253. The molecule has 0 bridgehead atoms. The van der Waals surface area contributed by atoms with Gasteiger partial charge in [0.25, 0.3) is 0 Å². The highest BCUT2D eigenvalue weighted by molar-refractivity contribution is 9.10. The summed E-state index contributed by atoms with van der Waals surface area (Å²) in [5.41, 5.74) is 7.33. The summed E-state index contributed by atoms with van der Waals surface area (Å²) < 4.78 is 6.59. The van der Waals surface area contributed by atoms with Crippen LogP contribution in [0, 0.1) is 6.92 Å². The summed E-state index contributed by atoms with van der Waals surface area (Å²) in [6.07, 6.45) is 9.38. The van der Waals surface area contributed by atoms with Crippen LogP contribution >= 0.6 is 15.9 Å². The second-order valence-electron chi connectivity index (χ2n) is 5.76. The lowest BCUT2D eigenvalue weighted by Gasteiger charge is -2.28. The Morgan fingerprint density at radius 3 is 3.05 bits per heavy atom. The standard InChI is InChI=1S/C18H16BrNO/c1-11-6-7-12(8-15(11)19)18-13-4-2-3-5-16(13)20-17-10-21-9-14(17)18/h4,6-10,18H,2-3,5H2,1H3. The molecule has 1 unspecified atom stereocenters. The third-order valence-electron chi connectivity index (χ3n) is 4.39. The number of benzene rings is 1. The lowest BCUT2D eigenvalue weighted by molar-refractivity contribution is 0.564. The first-order chi connectivity index (χ1) is 10.2. The number of nitrogens with zero attached hydrogens (tertiary/aromatic N) is 1. The molecule has 0 amide bonds. The highest BCUT2D eigenvalue weighted by Gasteiger charge is 2.31. The second-order valence-corrected chi connectivity index (χ2v) is 6.62. The molecule has 2 aromatic rings. The van der Waals surface area contributed by atoms with Crippen molar-refractivity contribution < 1.29 is 4.42 Å². The molecule has 2 nitrogen and oxygen atoms in total. The molecule has 1 aliphatic heterocycles. The van der Waals surface area contributed by atoms with Gasteiger partial charge < -0.3 is 4.42 Å². The zero-order valence-corrected chi connectivity index (χ0v) is 13.5. The highest BCUT2D eigenvalue weighted by atomic mass is 79.9. The van der Waals surface area contributed by atoms with Crippen LogP contribution in [0.15, 0.2) is 56.3 Å². The van der Waals surface area contributed by atoms with E-state index in [-0.39, 0.29) is 5.92 Å². The van der Waals surface area contributed by atoms with Gasteiger partial charge in [0, 0.05) is 21.7 Å². The van der Waals surface area contributed by atoms with Crippen molar-refractivity contribution in [3.63, 3.8) is 0 Å². The Morgan fingerprint density at radius 2 is 2.19 bits per heavy atom. The van der Waals surface area contributed by atoms with E-state index in [1.54, 1.807) is 6.26 Å². The Balaban J connectivity index is 1.91. The van der Waals surface area contributed by atoms with E-state index < -0.39 is 0 Å². The number of hydrogen-bond donors (Lipinski definition) is 0. The van der Waals surface area contributed by atoms with Crippen LogP contribution in [0.4, 0.5) is 5.69 Å². The van der Waals surface area contributed by atoms with Crippen molar-refractivity contribution in [2.24, 2.45) is 4.99 Å². The molecule has 0 spiro atoms. The summed E-state index contributed by atoms with van der Waals surface area (Å²) in [5.74, 6) is 0.253. The number of fused-ring (bicyclic) bond motifs is 2. The van der Waals surface area contributed by atoms with Crippen molar-refractivity contribution in [3.05, 3.63) is 63.5 Å². The first kappa shape index (κ1) is 13.1. The van der Waals surface area contributed by atoms with Gasteiger partial charge >= 0.3 is 0 Å². The summed E-state index contributed by atoms with van der Waals surface area (Å²) in [6.45, 7) is 2.12. The van der Waals surface area contributed by atoms with Gasteiger partial charge in [-0.3, -0.25) is 0 Å². The molecule has 2 heterocycles. The molecule has 4 rings (SSSR count). The highest BCUT2D eigenvalue weighted by Crippen LogP contribution is 2.45. The van der Waals surface area contributed by atoms with Gasteiger partial charge in [-0.2, -0.15) is 0 Å². The van der Waals surface area contributed by atoms with E-state index >= 15 is 0 Å². The molecule has 0 N–H and O–H groups in total. The summed E-state index contributed by atoms with van der Waals surface area (Å²) in [5, 5.41) is 0. The van der Waals surface area contributed by atoms with Crippen LogP contribution in [-0.2, 0) is 0 Å². The quantitative estimate of drug-likeness (QED) is 0.655. The van der Waals surface area contributed by atoms with Crippen molar-refractivity contribution in [1.82, 2.24) is 0 Å². The van der Waals surface area contributed by atoms with E-state index in [1.165, 1.54) is 34.4 Å². The molecule has 106 valence electrons. The SMILES string of the molecule is Cc1ccc(C2C3=CCCCC3=Nc3cocc32)cc1Br. The molecular weight excluding hydrogens is 326 g/mol. The molecule has 0 fully saturated rings. The largest absolute Gasteiger partial charge is 0.470 e. The summed E-state index contributed by atoms with van der Waals surface area (Å²) in [4.78, 5) is 4.79. The van der Waals surface area contributed by atoms with E-state index in [4.69, 9.17) is 9.41 Å². The number of aliphatic imine (C=N–C) groups is 1. The maximum Gasteiger partial charge on any atom is 0.116 e. The van der Waals surface area contributed by atoms with Gasteiger partial charge in [-0.05, 0) is 49.0 Å². The van der Waals surface area contributed by atoms with Gasteiger partial charge in [-0.1, -0.05) is 34.1 Å². The lowest BCUT2D eigenvalue weighted by atomic mass is 9.78. The van der Waals surface area contributed by atoms with Gasteiger partial charge in [-0.15, -0.1) is 0 Å². The molecule has 0 saturated carbocycles. The normalized spacial score (nSPS) is 20.4. The minimum absolute atomic E-state index is 0.253. The van der Waals surface area contributed by atoms with E-state index in [0.717, 1.165) is 23.0 Å². The monoisotopic (exact) mass is 341 g/mol. The summed E-state index contributed by atoms with van der Waals surface area (Å²) >= 11 is 3.66. The molecule has 1 atom stereocenters. The third kappa shape index (κ3) is 2.11. The van der Waals surface area contributed by atoms with Crippen LogP contribution in [0.2, 0.25) is 0 Å². The first-order valence-corrected chi connectivity index (χ1v) is 8.13. The van der Waals surface area contributed by atoms with E-state index in [9.17, 15) is 0 Å². The Labute approximate surface area is 132 Å². The fraction of sp³-hybridized carbons (Fsp3) is 0.278. The third-order valence-corrected chi connectivity index (χ3v) is 5.25. The molecule has 21 heavy (non-hydrogen) atoms. The molecule has 0 saturated heterocycles. The van der Waals surface area contributed by atoms with E-state index in [0.29, 0.717) is 0 Å². The van der Waals surface area contributed by atoms with Gasteiger partial charge in [0.2, 0.25) is 0 Å². The topological polar surface area (TPSA) is 25.5 Å². The molecule has 2 aliphatic rings. The zero-order valence-electron chi connectivity index (χ0n) is 11.9. The molecule has 1 aromatic heterocycles. The van der Waals surface area contributed by atoms with Crippen molar-refractivity contribution in [2.45, 2.75) is 32.1 Å². The fourth-order valence-electron chi connectivity index (χ4n) is 3.26. The smallest absolute Gasteiger partial charge is 0.116 e. The summed E-state index contributed by atoms with van der Waals surface area (Å²) in [7, 11) is 0. The Kier molecular flexibility index (Phi) is 3.11. The Morgan fingerprint density at radius 1 is 1.29 bits per heavy atom. The van der Waals surface area contributed by atoms with Gasteiger partial charge in [0.1, 0.15) is 12.0 Å². The lowest BCUT2D eigenvalue weighted by Crippen LogP contribution is -2.19. The van der Waals surface area contributed by atoms with Gasteiger partial charge in [-0.25, -0.2) is 4.99 Å². The molecular formula is C18H16BrNO. The number of allylic oxidation sites excluding steroid dienone is 2. The number of rotatable bonds is 1. The number of aryl methyl sites for hydroxylation is 1. The Hall–Kier alpha value is -1.61. The van der Waals surface area contributed by atoms with Crippen molar-refractivity contribution in [1.29, 1.82) is 0 Å². The average Bonchev–Trinajstić information content (AvgIpc) is 2.95. The minimum Gasteiger partial charge on any atom is -0.470 e. The maximum atomic E-state index is 5.43. The first-order valence-electron chi connectivity index (χ1n) is 7.34. The maximum absolute atomic E-state index is 5.43. The van der Waals surface area contributed by atoms with Crippen molar-refractivity contribution in [2.75, 3.05) is 0 Å². The molecule has 1 aliphatic carbocycles. The average molecular weight is 342 g/mol. The van der Waals surface area contributed by atoms with E-state index in [1.807, 2.05) is 6.26 Å². The molecule has 0 radical (unpaired) electrons. The number of furan rings is 1. The van der Waals surface area contributed by atoms with Gasteiger partial charge in [0.05, 0.1) is 6.26 Å². The zero-order chi connectivity index (χ0) is 14.4. The van der Waals surface area contributed by atoms with Crippen LogP contribution in [0.3, 0.4) is 0 Å². The van der Waals surface area contributed by atoms with Crippen LogP contribution in [0.1, 0.15) is 41.9 Å². The fourth-order valence-corrected chi connectivity index (χ4v) is 3.66. The van der Waals surface area contributed by atoms with Crippen molar-refractivity contribution >= 4 is 27.3 Å². The van der Waals surface area contributed by atoms with Crippen LogP contribution < -0.4 is 0 Å². The van der Waals surface area contributed by atoms with E-state index in [2.05, 4.69) is 47.1 Å². The van der Waals surface area contributed by atoms with Gasteiger partial charge in [0.15, 0.2) is 0 Å². The number of hydrogen-bond acceptors (Lipinski definition) is 2. The summed E-state index contributed by atoms with van der Waals surface area (Å²) in [6, 6.07) is 6.63. The van der Waals surface area contributed by atoms with Crippen LogP contribution in [0.5, 0.6) is 0 Å². The predicted octanol–water partition coefficient (Wildman–Crippen LogP) is 5.68. The van der Waals surface area contributed by atoms with Crippen LogP contribution in [-0.4, -0.2) is 5.71 Å². The number of halogens is 1. The Bertz CT molecular complexity index is 769. The molecule has 3 heteroatoms. The molecule has 1 aromatic carbocycles. The predicted molar refractivity (Wildman–Crippen MR) is 88.5 cm³/mol.